The summed E-state index contributed by atoms with van der Waals surface area (Å²) in [6.45, 7) is 2.83. The van der Waals surface area contributed by atoms with Crippen molar-refractivity contribution in [2.75, 3.05) is 13.7 Å². The Bertz CT molecular complexity index is 740. The zero-order chi connectivity index (χ0) is 17.6. The van der Waals surface area contributed by atoms with E-state index in [2.05, 4.69) is 0 Å². The predicted molar refractivity (Wildman–Crippen MR) is 97.4 cm³/mol. The van der Waals surface area contributed by atoms with Crippen molar-refractivity contribution in [3.05, 3.63) is 76.7 Å². The summed E-state index contributed by atoms with van der Waals surface area (Å²) in [5, 5.41) is 0. The van der Waals surface area contributed by atoms with E-state index in [1.54, 1.807) is 13.2 Å². The molecule has 0 bridgehead atoms. The molecule has 0 amide bonds. The Hall–Kier alpha value is -1.79. The third-order valence-electron chi connectivity index (χ3n) is 3.98. The molecule has 0 unspecified atom stereocenters. The molecule has 0 aliphatic carbocycles. The highest BCUT2D eigenvalue weighted by Gasteiger charge is 2.31. The maximum absolute atomic E-state index is 12.9. The Morgan fingerprint density at radius 3 is 2.48 bits per heavy atom. The van der Waals surface area contributed by atoms with Gasteiger partial charge in [-0.05, 0) is 30.7 Å². The first kappa shape index (κ1) is 18.0. The van der Waals surface area contributed by atoms with E-state index in [1.807, 2.05) is 61.5 Å². The molecule has 1 heterocycles. The van der Waals surface area contributed by atoms with Crippen LogP contribution in [0.1, 0.15) is 11.1 Å². The molecular weight excluding hydrogens is 336 g/mol. The number of methoxy groups -OCH3 is 1. The van der Waals surface area contributed by atoms with E-state index < -0.39 is 17.1 Å². The Kier molecular flexibility index (Phi) is 6.15. The molecule has 1 aliphatic rings. The van der Waals surface area contributed by atoms with Crippen molar-refractivity contribution in [1.82, 2.24) is 0 Å². The van der Waals surface area contributed by atoms with E-state index in [0.717, 1.165) is 16.0 Å². The van der Waals surface area contributed by atoms with Crippen molar-refractivity contribution in [2.45, 2.75) is 30.8 Å². The minimum Gasteiger partial charge on any atom is -0.374 e. The number of benzene rings is 2. The highest BCUT2D eigenvalue weighted by atomic mass is 32.2. The normalized spacial score (nSPS) is 21.1. The van der Waals surface area contributed by atoms with Crippen molar-refractivity contribution in [2.24, 2.45) is 0 Å². The third kappa shape index (κ3) is 4.64. The Morgan fingerprint density at radius 1 is 1.08 bits per heavy atom. The van der Waals surface area contributed by atoms with Crippen LogP contribution in [0.3, 0.4) is 0 Å². The Balaban J connectivity index is 1.66. The summed E-state index contributed by atoms with van der Waals surface area (Å²) in [5.41, 5.74) is 2.23. The van der Waals surface area contributed by atoms with Crippen LogP contribution in [0, 0.1) is 6.92 Å². The van der Waals surface area contributed by atoms with Crippen molar-refractivity contribution >= 4 is 10.8 Å². The quantitative estimate of drug-likeness (QED) is 0.759. The smallest absolute Gasteiger partial charge is 0.178 e. The van der Waals surface area contributed by atoms with Crippen LogP contribution in [0.4, 0.5) is 0 Å². The van der Waals surface area contributed by atoms with Crippen LogP contribution in [-0.4, -0.2) is 30.3 Å². The molecule has 5 heteroatoms. The van der Waals surface area contributed by atoms with Gasteiger partial charge in [0.25, 0.3) is 0 Å². The van der Waals surface area contributed by atoms with E-state index >= 15 is 0 Å². The molecule has 25 heavy (non-hydrogen) atoms. The molecular formula is C20H22O4S. The molecule has 0 radical (unpaired) electrons. The fourth-order valence-electron chi connectivity index (χ4n) is 2.59. The van der Waals surface area contributed by atoms with Gasteiger partial charge in [-0.15, -0.1) is 0 Å². The van der Waals surface area contributed by atoms with Gasteiger partial charge < -0.3 is 14.2 Å². The standard InChI is InChI=1S/C20H22O4S/c1-15-8-10-17(11-9-15)25(21)19-12-20(22-2)24-18(19)14-23-13-16-6-4-3-5-7-16/h3-12,18,20H,13-14H2,1-2H3/t18-,20+,25+/m1/s1. The SMILES string of the molecule is CO[C@@H]1C=C([S@@](=O)c2ccc(C)cc2)[C@@H](COCc2ccccc2)O1. The maximum Gasteiger partial charge on any atom is 0.178 e. The molecule has 132 valence electrons. The van der Waals surface area contributed by atoms with Crippen LogP contribution in [-0.2, 0) is 31.6 Å². The molecule has 2 aromatic rings. The summed E-state index contributed by atoms with van der Waals surface area (Å²) in [6.07, 6.45) is 0.914. The van der Waals surface area contributed by atoms with Gasteiger partial charge in [-0.2, -0.15) is 0 Å². The van der Waals surface area contributed by atoms with E-state index in [1.165, 1.54) is 0 Å². The van der Waals surface area contributed by atoms with Crippen LogP contribution in [0.25, 0.3) is 0 Å². The lowest BCUT2D eigenvalue weighted by atomic mass is 10.2. The average molecular weight is 358 g/mol. The summed E-state index contributed by atoms with van der Waals surface area (Å²) in [7, 11) is 0.279. The van der Waals surface area contributed by atoms with Gasteiger partial charge in [0.05, 0.1) is 28.9 Å². The van der Waals surface area contributed by atoms with Gasteiger partial charge in [-0.1, -0.05) is 48.0 Å². The molecule has 2 aromatic carbocycles. The monoisotopic (exact) mass is 358 g/mol. The zero-order valence-electron chi connectivity index (χ0n) is 14.4. The van der Waals surface area contributed by atoms with E-state index in [4.69, 9.17) is 14.2 Å². The van der Waals surface area contributed by atoms with Crippen LogP contribution in [0.5, 0.6) is 0 Å². The van der Waals surface area contributed by atoms with Crippen molar-refractivity contribution in [3.8, 4) is 0 Å². The first-order valence-electron chi connectivity index (χ1n) is 8.17. The molecule has 0 fully saturated rings. The van der Waals surface area contributed by atoms with Gasteiger partial charge in [-0.3, -0.25) is 0 Å². The van der Waals surface area contributed by atoms with Crippen molar-refractivity contribution in [3.63, 3.8) is 0 Å². The van der Waals surface area contributed by atoms with Crippen LogP contribution < -0.4 is 0 Å². The summed E-state index contributed by atoms with van der Waals surface area (Å²) in [6, 6.07) is 17.6. The Labute approximate surface area is 150 Å². The second-order valence-corrected chi connectivity index (χ2v) is 7.36. The average Bonchev–Trinajstić information content (AvgIpc) is 3.06. The number of hydrogen-bond donors (Lipinski definition) is 0. The van der Waals surface area contributed by atoms with E-state index in [9.17, 15) is 4.21 Å². The molecule has 4 nitrogen and oxygen atoms in total. The Morgan fingerprint density at radius 2 is 1.80 bits per heavy atom. The van der Waals surface area contributed by atoms with Crippen molar-refractivity contribution in [1.29, 1.82) is 0 Å². The van der Waals surface area contributed by atoms with Crippen LogP contribution in [0.2, 0.25) is 0 Å². The summed E-state index contributed by atoms with van der Waals surface area (Å²) >= 11 is 0. The minimum absolute atomic E-state index is 0.332. The second kappa shape index (κ2) is 8.54. The fourth-order valence-corrected chi connectivity index (χ4v) is 3.84. The van der Waals surface area contributed by atoms with Gasteiger partial charge in [-0.25, -0.2) is 4.21 Å². The lowest BCUT2D eigenvalue weighted by Crippen LogP contribution is -2.23. The minimum atomic E-state index is -1.29. The maximum atomic E-state index is 12.9. The highest BCUT2D eigenvalue weighted by Crippen LogP contribution is 2.28. The first-order valence-corrected chi connectivity index (χ1v) is 9.32. The molecule has 0 saturated carbocycles. The predicted octanol–water partition coefficient (Wildman–Crippen LogP) is 3.57. The fraction of sp³-hybridized carbons (Fsp3) is 0.300. The van der Waals surface area contributed by atoms with Gasteiger partial charge >= 0.3 is 0 Å². The molecule has 0 aromatic heterocycles. The molecule has 3 atom stereocenters. The molecule has 1 aliphatic heterocycles. The van der Waals surface area contributed by atoms with Crippen molar-refractivity contribution < 1.29 is 18.4 Å². The molecule has 0 spiro atoms. The summed E-state index contributed by atoms with van der Waals surface area (Å²) < 4.78 is 29.7. The van der Waals surface area contributed by atoms with E-state index in [0.29, 0.717) is 18.1 Å². The summed E-state index contributed by atoms with van der Waals surface area (Å²) in [4.78, 5) is 1.45. The molecule has 0 saturated heterocycles. The number of ether oxygens (including phenoxy) is 3. The number of rotatable bonds is 7. The van der Waals surface area contributed by atoms with Gasteiger partial charge in [0.15, 0.2) is 6.29 Å². The lowest BCUT2D eigenvalue weighted by molar-refractivity contribution is -0.116. The second-order valence-electron chi connectivity index (χ2n) is 5.88. The number of hydrogen-bond acceptors (Lipinski definition) is 4. The topological polar surface area (TPSA) is 44.8 Å². The summed E-state index contributed by atoms with van der Waals surface area (Å²) in [5.74, 6) is 0. The number of aryl methyl sites for hydroxylation is 1. The van der Waals surface area contributed by atoms with Gasteiger partial charge in [0.1, 0.15) is 6.10 Å². The first-order chi connectivity index (χ1) is 12.2. The largest absolute Gasteiger partial charge is 0.374 e. The molecule has 0 N–H and O–H groups in total. The third-order valence-corrected chi connectivity index (χ3v) is 5.51. The zero-order valence-corrected chi connectivity index (χ0v) is 15.2. The van der Waals surface area contributed by atoms with E-state index in [-0.39, 0.29) is 6.10 Å². The van der Waals surface area contributed by atoms with Crippen LogP contribution >= 0.6 is 0 Å². The highest BCUT2D eigenvalue weighted by molar-refractivity contribution is 7.89. The van der Waals surface area contributed by atoms with Gasteiger partial charge in [0.2, 0.25) is 0 Å². The van der Waals surface area contributed by atoms with Gasteiger partial charge in [0, 0.05) is 12.0 Å². The van der Waals surface area contributed by atoms with Crippen LogP contribution in [0.15, 0.2) is 70.5 Å². The molecule has 3 rings (SSSR count). The lowest BCUT2D eigenvalue weighted by Gasteiger charge is -2.16.